The van der Waals surface area contributed by atoms with Gasteiger partial charge in [-0.3, -0.25) is 4.79 Å². The Labute approximate surface area is 197 Å². The van der Waals surface area contributed by atoms with Crippen molar-refractivity contribution in [3.63, 3.8) is 0 Å². The minimum Gasteiger partial charge on any atom is -0.454 e. The van der Waals surface area contributed by atoms with Crippen LogP contribution < -0.4 is 14.8 Å². The Morgan fingerprint density at radius 2 is 1.88 bits per heavy atom. The van der Waals surface area contributed by atoms with Gasteiger partial charge in [0, 0.05) is 31.4 Å². The minimum atomic E-state index is -3.57. The molecule has 1 aromatic heterocycles. The quantitative estimate of drug-likeness (QED) is 0.458. The molecule has 0 bridgehead atoms. The molecule has 0 spiro atoms. The molecule has 176 valence electrons. The number of hydrogen-bond acceptors (Lipinski definition) is 7. The number of nitrogens with one attached hydrogen (secondary N) is 1. The van der Waals surface area contributed by atoms with Crippen LogP contribution in [0, 0.1) is 0 Å². The van der Waals surface area contributed by atoms with Gasteiger partial charge >= 0.3 is 0 Å². The lowest BCUT2D eigenvalue weighted by atomic mass is 10.3. The van der Waals surface area contributed by atoms with Crippen molar-refractivity contribution in [2.24, 2.45) is 0 Å². The average Bonchev–Trinajstić information content (AvgIpc) is 3.41. The zero-order valence-corrected chi connectivity index (χ0v) is 20.3. The SMILES string of the molecule is CCN(CC)S(=O)(=O)c1ccc2c(c1)nc(SCC(=O)Nc1ccc3c(c1)OCO3)n2CC. The summed E-state index contributed by atoms with van der Waals surface area (Å²) in [4.78, 5) is 17.3. The molecule has 0 saturated heterocycles. The van der Waals surface area contributed by atoms with E-state index in [4.69, 9.17) is 9.47 Å². The van der Waals surface area contributed by atoms with Crippen molar-refractivity contribution < 1.29 is 22.7 Å². The molecular weight excluding hydrogens is 464 g/mol. The second kappa shape index (κ2) is 9.62. The number of rotatable bonds is 9. The Morgan fingerprint density at radius 3 is 2.61 bits per heavy atom. The molecule has 11 heteroatoms. The van der Waals surface area contributed by atoms with Gasteiger partial charge in [0.25, 0.3) is 0 Å². The van der Waals surface area contributed by atoms with Gasteiger partial charge in [0.05, 0.1) is 21.7 Å². The number of benzene rings is 2. The summed E-state index contributed by atoms with van der Waals surface area (Å²) in [7, 11) is -3.57. The molecule has 33 heavy (non-hydrogen) atoms. The van der Waals surface area contributed by atoms with E-state index in [-0.39, 0.29) is 23.3 Å². The van der Waals surface area contributed by atoms with Crippen LogP contribution in [0.3, 0.4) is 0 Å². The van der Waals surface area contributed by atoms with E-state index in [1.54, 1.807) is 36.4 Å². The van der Waals surface area contributed by atoms with E-state index < -0.39 is 10.0 Å². The van der Waals surface area contributed by atoms with E-state index >= 15 is 0 Å². The first kappa shape index (κ1) is 23.4. The van der Waals surface area contributed by atoms with E-state index in [1.807, 2.05) is 25.3 Å². The van der Waals surface area contributed by atoms with Crippen LogP contribution in [-0.4, -0.2) is 53.8 Å². The molecule has 1 N–H and O–H groups in total. The van der Waals surface area contributed by atoms with E-state index in [0.717, 1.165) is 5.52 Å². The third kappa shape index (κ3) is 4.66. The van der Waals surface area contributed by atoms with Gasteiger partial charge in [-0.1, -0.05) is 25.6 Å². The predicted molar refractivity (Wildman–Crippen MR) is 127 cm³/mol. The van der Waals surface area contributed by atoms with Crippen molar-refractivity contribution >= 4 is 44.4 Å². The first-order chi connectivity index (χ1) is 15.9. The summed E-state index contributed by atoms with van der Waals surface area (Å²) in [5, 5.41) is 3.51. The summed E-state index contributed by atoms with van der Waals surface area (Å²) >= 11 is 1.30. The number of sulfonamides is 1. The first-order valence-electron chi connectivity index (χ1n) is 10.7. The fraction of sp³-hybridized carbons (Fsp3) is 0.364. The fourth-order valence-electron chi connectivity index (χ4n) is 3.68. The van der Waals surface area contributed by atoms with E-state index in [0.29, 0.717) is 47.5 Å². The normalized spacial score (nSPS) is 13.1. The van der Waals surface area contributed by atoms with Crippen LogP contribution in [0.2, 0.25) is 0 Å². The molecule has 0 fully saturated rings. The standard InChI is InChI=1S/C22H26N4O5S2/c1-4-25(5-2)33(28,29)16-8-9-18-17(12-16)24-22(26(18)6-3)32-13-21(27)23-15-7-10-19-20(11-15)31-14-30-19/h7-12H,4-6,13-14H2,1-3H3,(H,23,27). The third-order valence-corrected chi connectivity index (χ3v) is 8.36. The molecule has 0 aliphatic carbocycles. The summed E-state index contributed by atoms with van der Waals surface area (Å²) < 4.78 is 39.8. The molecule has 0 unspecified atom stereocenters. The van der Waals surface area contributed by atoms with Gasteiger partial charge in [-0.25, -0.2) is 13.4 Å². The van der Waals surface area contributed by atoms with Crippen LogP contribution in [0.5, 0.6) is 11.5 Å². The van der Waals surface area contributed by atoms with Gasteiger partial charge in [-0.2, -0.15) is 4.31 Å². The Hall–Kier alpha value is -2.76. The average molecular weight is 491 g/mol. The summed E-state index contributed by atoms with van der Waals surface area (Å²) in [6, 6.07) is 10.2. The van der Waals surface area contributed by atoms with Gasteiger partial charge in [0.1, 0.15) is 0 Å². The lowest BCUT2D eigenvalue weighted by molar-refractivity contribution is -0.113. The molecule has 2 heterocycles. The highest BCUT2D eigenvalue weighted by Crippen LogP contribution is 2.34. The molecule has 0 saturated carbocycles. The predicted octanol–water partition coefficient (Wildman–Crippen LogP) is 3.55. The number of carbonyl (C=O) groups is 1. The maximum Gasteiger partial charge on any atom is 0.243 e. The molecule has 0 radical (unpaired) electrons. The number of thioether (sulfide) groups is 1. The van der Waals surface area contributed by atoms with Crippen molar-refractivity contribution in [1.29, 1.82) is 0 Å². The van der Waals surface area contributed by atoms with Gasteiger partial charge < -0.3 is 19.4 Å². The lowest BCUT2D eigenvalue weighted by Gasteiger charge is -2.18. The number of carbonyl (C=O) groups excluding carboxylic acids is 1. The number of aryl methyl sites for hydroxylation is 1. The van der Waals surface area contributed by atoms with Crippen LogP contribution in [0.25, 0.3) is 11.0 Å². The Balaban J connectivity index is 1.51. The van der Waals surface area contributed by atoms with Crippen molar-refractivity contribution in [1.82, 2.24) is 13.9 Å². The number of nitrogens with zero attached hydrogens (tertiary/aromatic N) is 3. The third-order valence-electron chi connectivity index (χ3n) is 5.33. The van der Waals surface area contributed by atoms with Gasteiger partial charge in [0.15, 0.2) is 16.7 Å². The second-order valence-electron chi connectivity index (χ2n) is 7.28. The Kier molecular flexibility index (Phi) is 6.82. The number of hydrogen-bond donors (Lipinski definition) is 1. The van der Waals surface area contributed by atoms with Crippen LogP contribution >= 0.6 is 11.8 Å². The number of anilines is 1. The number of amides is 1. The zero-order valence-electron chi connectivity index (χ0n) is 18.7. The smallest absolute Gasteiger partial charge is 0.243 e. The first-order valence-corrected chi connectivity index (χ1v) is 13.1. The number of ether oxygens (including phenoxy) is 2. The highest BCUT2D eigenvalue weighted by molar-refractivity contribution is 7.99. The summed E-state index contributed by atoms with van der Waals surface area (Å²) in [6.07, 6.45) is 0. The monoisotopic (exact) mass is 490 g/mol. The molecule has 2 aromatic carbocycles. The van der Waals surface area contributed by atoms with Crippen LogP contribution in [-0.2, 0) is 21.4 Å². The molecule has 9 nitrogen and oxygen atoms in total. The summed E-state index contributed by atoms with van der Waals surface area (Å²) in [5.74, 6) is 1.23. The maximum absolute atomic E-state index is 12.9. The van der Waals surface area contributed by atoms with Crippen molar-refractivity contribution in [3.8, 4) is 11.5 Å². The zero-order chi connectivity index (χ0) is 23.6. The van der Waals surface area contributed by atoms with Crippen LogP contribution in [0.15, 0.2) is 46.5 Å². The minimum absolute atomic E-state index is 0.155. The van der Waals surface area contributed by atoms with Crippen molar-refractivity contribution in [2.75, 3.05) is 31.0 Å². The number of aromatic nitrogens is 2. The maximum atomic E-state index is 12.9. The van der Waals surface area contributed by atoms with Gasteiger partial charge in [0.2, 0.25) is 22.7 Å². The van der Waals surface area contributed by atoms with E-state index in [2.05, 4.69) is 10.3 Å². The molecule has 1 aliphatic heterocycles. The van der Waals surface area contributed by atoms with Crippen molar-refractivity contribution in [2.45, 2.75) is 37.4 Å². The Bertz CT molecular complexity index is 1290. The molecule has 4 rings (SSSR count). The lowest BCUT2D eigenvalue weighted by Crippen LogP contribution is -2.30. The largest absolute Gasteiger partial charge is 0.454 e. The van der Waals surface area contributed by atoms with E-state index in [1.165, 1.54) is 16.1 Å². The summed E-state index contributed by atoms with van der Waals surface area (Å²) in [6.45, 7) is 7.24. The van der Waals surface area contributed by atoms with Gasteiger partial charge in [-0.05, 0) is 37.3 Å². The topological polar surface area (TPSA) is 103 Å². The second-order valence-corrected chi connectivity index (χ2v) is 10.2. The number of imidazole rings is 1. The highest BCUT2D eigenvalue weighted by Gasteiger charge is 2.23. The van der Waals surface area contributed by atoms with Gasteiger partial charge in [-0.15, -0.1) is 0 Å². The van der Waals surface area contributed by atoms with E-state index in [9.17, 15) is 13.2 Å². The molecule has 3 aromatic rings. The number of fused-ring (bicyclic) bond motifs is 2. The Morgan fingerprint density at radius 1 is 1.12 bits per heavy atom. The van der Waals surface area contributed by atoms with Crippen molar-refractivity contribution in [3.05, 3.63) is 36.4 Å². The fourth-order valence-corrected chi connectivity index (χ4v) is 6.03. The molecule has 1 aliphatic rings. The summed E-state index contributed by atoms with van der Waals surface area (Å²) in [5.41, 5.74) is 2.04. The molecular formula is C22H26N4O5S2. The molecule has 1 amide bonds. The van der Waals surface area contributed by atoms with Crippen LogP contribution in [0.4, 0.5) is 5.69 Å². The van der Waals surface area contributed by atoms with Crippen LogP contribution in [0.1, 0.15) is 20.8 Å². The highest BCUT2D eigenvalue weighted by atomic mass is 32.2. The molecule has 0 atom stereocenters.